The van der Waals surface area contributed by atoms with E-state index in [2.05, 4.69) is 34.8 Å². The standard InChI is InChI=1S/C16H15BN2O/c1-17-16-8-7-15(9-12(16)11-20-17)19(3)14-6-4-5-13(10-14)18-2/h4-10H,11H2,1,3H3. The first kappa shape index (κ1) is 12.8. The third-order valence-electron chi connectivity index (χ3n) is 3.79. The van der Waals surface area contributed by atoms with Gasteiger partial charge in [0.2, 0.25) is 0 Å². The molecule has 0 bridgehead atoms. The quantitative estimate of drug-likeness (QED) is 0.609. The van der Waals surface area contributed by atoms with Crippen molar-refractivity contribution in [1.82, 2.24) is 0 Å². The highest BCUT2D eigenvalue weighted by atomic mass is 16.4. The van der Waals surface area contributed by atoms with Crippen molar-refractivity contribution in [2.24, 2.45) is 0 Å². The summed E-state index contributed by atoms with van der Waals surface area (Å²) in [5.74, 6) is 0. The highest BCUT2D eigenvalue weighted by molar-refractivity contribution is 6.67. The first-order chi connectivity index (χ1) is 9.69. The van der Waals surface area contributed by atoms with E-state index in [1.54, 1.807) is 0 Å². The summed E-state index contributed by atoms with van der Waals surface area (Å²) in [6.45, 7) is 10.0. The van der Waals surface area contributed by atoms with Crippen molar-refractivity contribution in [2.75, 3.05) is 11.9 Å². The molecule has 0 amide bonds. The maximum Gasteiger partial charge on any atom is 0.324 e. The molecule has 0 atom stereocenters. The number of nitrogens with zero attached hydrogens (tertiary/aromatic N) is 2. The third kappa shape index (κ3) is 2.17. The fourth-order valence-electron chi connectivity index (χ4n) is 2.55. The number of hydrogen-bond donors (Lipinski definition) is 0. The molecule has 20 heavy (non-hydrogen) atoms. The molecule has 0 fully saturated rings. The number of anilines is 2. The SMILES string of the molecule is [C-]#[N+]c1cccc(N(C)c2ccc3c(c2)COB3C)c1. The monoisotopic (exact) mass is 262 g/mol. The summed E-state index contributed by atoms with van der Waals surface area (Å²) in [7, 11) is 2.02. The average Bonchev–Trinajstić information content (AvgIpc) is 2.87. The van der Waals surface area contributed by atoms with Crippen molar-refractivity contribution in [3.63, 3.8) is 0 Å². The van der Waals surface area contributed by atoms with Crippen molar-refractivity contribution in [1.29, 1.82) is 0 Å². The van der Waals surface area contributed by atoms with Crippen molar-refractivity contribution >= 4 is 29.4 Å². The summed E-state index contributed by atoms with van der Waals surface area (Å²) < 4.78 is 5.64. The van der Waals surface area contributed by atoms with Crippen LogP contribution in [-0.2, 0) is 11.3 Å². The molecule has 0 aromatic heterocycles. The first-order valence-corrected chi connectivity index (χ1v) is 6.64. The normalized spacial score (nSPS) is 12.9. The Bertz CT molecular complexity index is 693. The van der Waals surface area contributed by atoms with Crippen LogP contribution in [0.5, 0.6) is 0 Å². The van der Waals surface area contributed by atoms with Gasteiger partial charge in [0.15, 0.2) is 5.69 Å². The van der Waals surface area contributed by atoms with Gasteiger partial charge in [-0.1, -0.05) is 25.0 Å². The second-order valence-corrected chi connectivity index (χ2v) is 5.03. The Hall–Kier alpha value is -2.25. The van der Waals surface area contributed by atoms with Crippen molar-refractivity contribution in [3.8, 4) is 0 Å². The van der Waals surface area contributed by atoms with Crippen LogP contribution in [0.15, 0.2) is 42.5 Å². The van der Waals surface area contributed by atoms with E-state index in [0.29, 0.717) is 12.3 Å². The Balaban J connectivity index is 1.95. The minimum atomic E-state index is 0.190. The lowest BCUT2D eigenvalue weighted by molar-refractivity contribution is 0.333. The maximum absolute atomic E-state index is 7.10. The third-order valence-corrected chi connectivity index (χ3v) is 3.79. The summed E-state index contributed by atoms with van der Waals surface area (Å²) in [6.07, 6.45) is 0. The minimum Gasteiger partial charge on any atom is -0.427 e. The molecule has 1 aliphatic rings. The van der Waals surface area contributed by atoms with E-state index in [1.165, 1.54) is 11.0 Å². The van der Waals surface area contributed by atoms with Crippen LogP contribution in [-0.4, -0.2) is 14.0 Å². The number of fused-ring (bicyclic) bond motifs is 1. The molecule has 3 nitrogen and oxygen atoms in total. The predicted molar refractivity (Wildman–Crippen MR) is 83.3 cm³/mol. The summed E-state index contributed by atoms with van der Waals surface area (Å²) in [6, 6.07) is 14.1. The molecule has 0 radical (unpaired) electrons. The average molecular weight is 262 g/mol. The summed E-state index contributed by atoms with van der Waals surface area (Å²) in [4.78, 5) is 5.57. The van der Waals surface area contributed by atoms with Gasteiger partial charge in [-0.25, -0.2) is 4.85 Å². The molecule has 0 saturated heterocycles. The van der Waals surface area contributed by atoms with Gasteiger partial charge < -0.3 is 9.55 Å². The number of hydrogen-bond acceptors (Lipinski definition) is 2. The van der Waals surface area contributed by atoms with Gasteiger partial charge in [-0.3, -0.25) is 0 Å². The van der Waals surface area contributed by atoms with Crippen molar-refractivity contribution < 1.29 is 4.65 Å². The second-order valence-electron chi connectivity index (χ2n) is 5.03. The fourth-order valence-corrected chi connectivity index (χ4v) is 2.55. The molecule has 0 saturated carbocycles. The number of benzene rings is 2. The van der Waals surface area contributed by atoms with Crippen LogP contribution in [0.1, 0.15) is 5.56 Å². The van der Waals surface area contributed by atoms with E-state index in [-0.39, 0.29) is 6.92 Å². The molecule has 0 N–H and O–H groups in total. The lowest BCUT2D eigenvalue weighted by Gasteiger charge is -2.20. The van der Waals surface area contributed by atoms with Gasteiger partial charge in [-0.2, -0.15) is 0 Å². The maximum atomic E-state index is 7.10. The Morgan fingerprint density at radius 3 is 2.80 bits per heavy atom. The van der Waals surface area contributed by atoms with Crippen LogP contribution >= 0.6 is 0 Å². The zero-order valence-corrected chi connectivity index (χ0v) is 11.6. The van der Waals surface area contributed by atoms with Gasteiger partial charge in [0.05, 0.1) is 13.2 Å². The van der Waals surface area contributed by atoms with Crippen molar-refractivity contribution in [3.05, 3.63) is 59.4 Å². The molecule has 2 aromatic carbocycles. The van der Waals surface area contributed by atoms with E-state index in [1.807, 2.05) is 31.3 Å². The molecule has 0 unspecified atom stereocenters. The largest absolute Gasteiger partial charge is 0.427 e. The number of rotatable bonds is 2. The molecule has 2 aromatic rings. The van der Waals surface area contributed by atoms with Crippen LogP contribution in [0.3, 0.4) is 0 Å². The molecule has 98 valence electrons. The predicted octanol–water partition coefficient (Wildman–Crippen LogP) is 3.36. The lowest BCUT2D eigenvalue weighted by Crippen LogP contribution is -2.24. The Morgan fingerprint density at radius 1 is 1.20 bits per heavy atom. The molecule has 0 aliphatic carbocycles. The zero-order chi connectivity index (χ0) is 14.1. The molecule has 4 heteroatoms. The zero-order valence-electron chi connectivity index (χ0n) is 11.6. The van der Waals surface area contributed by atoms with Crippen LogP contribution in [0.2, 0.25) is 6.82 Å². The highest BCUT2D eigenvalue weighted by Gasteiger charge is 2.23. The smallest absolute Gasteiger partial charge is 0.324 e. The molecular weight excluding hydrogens is 247 g/mol. The van der Waals surface area contributed by atoms with Crippen LogP contribution < -0.4 is 10.4 Å². The first-order valence-electron chi connectivity index (χ1n) is 6.64. The summed E-state index contributed by atoms with van der Waals surface area (Å²) in [5, 5.41) is 0. The molecular formula is C16H15BN2O. The molecule has 1 aliphatic heterocycles. The van der Waals surface area contributed by atoms with Crippen LogP contribution in [0.25, 0.3) is 4.85 Å². The second kappa shape index (κ2) is 5.03. The lowest BCUT2D eigenvalue weighted by atomic mass is 9.64. The van der Waals surface area contributed by atoms with Gasteiger partial charge in [-0.15, -0.1) is 0 Å². The Morgan fingerprint density at radius 2 is 2.00 bits per heavy atom. The molecule has 3 rings (SSSR count). The Labute approximate surface area is 119 Å². The van der Waals surface area contributed by atoms with E-state index >= 15 is 0 Å². The van der Waals surface area contributed by atoms with Gasteiger partial charge >= 0.3 is 6.92 Å². The molecule has 1 heterocycles. The van der Waals surface area contributed by atoms with E-state index < -0.39 is 0 Å². The van der Waals surface area contributed by atoms with E-state index in [9.17, 15) is 0 Å². The fraction of sp³-hybridized carbons (Fsp3) is 0.188. The van der Waals surface area contributed by atoms with Gasteiger partial charge in [0.25, 0.3) is 0 Å². The minimum absolute atomic E-state index is 0.190. The summed E-state index contributed by atoms with van der Waals surface area (Å²) in [5.41, 5.74) is 5.32. The van der Waals surface area contributed by atoms with Gasteiger partial charge in [0, 0.05) is 18.4 Å². The van der Waals surface area contributed by atoms with Crippen LogP contribution in [0, 0.1) is 6.57 Å². The topological polar surface area (TPSA) is 16.8 Å². The van der Waals surface area contributed by atoms with E-state index in [4.69, 9.17) is 11.2 Å². The summed E-state index contributed by atoms with van der Waals surface area (Å²) >= 11 is 0. The van der Waals surface area contributed by atoms with Crippen LogP contribution in [0.4, 0.5) is 17.1 Å². The van der Waals surface area contributed by atoms with Crippen molar-refractivity contribution in [2.45, 2.75) is 13.4 Å². The molecule has 0 spiro atoms. The van der Waals surface area contributed by atoms with Gasteiger partial charge in [-0.05, 0) is 35.3 Å². The van der Waals surface area contributed by atoms with Gasteiger partial charge in [0.1, 0.15) is 0 Å². The van der Waals surface area contributed by atoms with E-state index in [0.717, 1.165) is 11.4 Å². The highest BCUT2D eigenvalue weighted by Crippen LogP contribution is 2.28. The Kier molecular flexibility index (Phi) is 3.21.